The second-order valence-corrected chi connectivity index (χ2v) is 7.11. The van der Waals surface area contributed by atoms with Crippen molar-refractivity contribution in [2.24, 2.45) is 5.73 Å². The second kappa shape index (κ2) is 7.42. The van der Waals surface area contributed by atoms with Crippen LogP contribution in [0.4, 0.5) is 5.95 Å². The number of hydrogen-bond acceptors (Lipinski definition) is 4. The predicted molar refractivity (Wildman–Crippen MR) is 100 cm³/mol. The monoisotopic (exact) mass is 437 g/mol. The van der Waals surface area contributed by atoms with Crippen LogP contribution in [0.2, 0.25) is 0 Å². The molecule has 7 heteroatoms. The predicted octanol–water partition coefficient (Wildman–Crippen LogP) is 3.84. The molecule has 120 valence electrons. The minimum absolute atomic E-state index is 0.650. The normalized spacial score (nSPS) is 11.1. The Kier molecular flexibility index (Phi) is 5.30. The van der Waals surface area contributed by atoms with E-state index in [1.54, 1.807) is 6.20 Å². The summed E-state index contributed by atoms with van der Waals surface area (Å²) in [6.07, 6.45) is 2.66. The number of hydrogen-bond donors (Lipinski definition) is 2. The van der Waals surface area contributed by atoms with Crippen LogP contribution < -0.4 is 10.6 Å². The Morgan fingerprint density at radius 3 is 2.65 bits per heavy atom. The summed E-state index contributed by atoms with van der Waals surface area (Å²) in [6, 6.07) is 10.1. The molecule has 0 radical (unpaired) electrons. The summed E-state index contributed by atoms with van der Waals surface area (Å²) in [6.45, 7) is 2.23. The standard InChI is InChI=1S/C16H17Br2N5/c17-12-7-11(8-13(18)9-12)10-23(6-2-4-19)16-21-14-3-1-5-20-15(14)22-16/h1,3,5,7-9H,2,4,6,10,19H2,(H,20,21,22). The van der Waals surface area contributed by atoms with Crippen LogP contribution >= 0.6 is 31.9 Å². The van der Waals surface area contributed by atoms with Gasteiger partial charge in [-0.1, -0.05) is 31.9 Å². The Morgan fingerprint density at radius 1 is 1.17 bits per heavy atom. The number of nitrogens with zero attached hydrogens (tertiary/aromatic N) is 3. The molecule has 0 atom stereocenters. The van der Waals surface area contributed by atoms with Gasteiger partial charge >= 0.3 is 0 Å². The van der Waals surface area contributed by atoms with E-state index in [1.165, 1.54) is 5.56 Å². The van der Waals surface area contributed by atoms with E-state index in [2.05, 4.69) is 63.8 Å². The van der Waals surface area contributed by atoms with Gasteiger partial charge in [0.25, 0.3) is 0 Å². The zero-order valence-corrected chi connectivity index (χ0v) is 15.6. The van der Waals surface area contributed by atoms with E-state index < -0.39 is 0 Å². The Bertz CT molecular complexity index is 749. The van der Waals surface area contributed by atoms with Gasteiger partial charge in [0.1, 0.15) is 0 Å². The number of nitrogens with one attached hydrogen (secondary N) is 1. The molecule has 2 aromatic heterocycles. The summed E-state index contributed by atoms with van der Waals surface area (Å²) in [5.74, 6) is 0.822. The molecule has 3 N–H and O–H groups in total. The maximum atomic E-state index is 5.69. The van der Waals surface area contributed by atoms with Gasteiger partial charge in [0.05, 0.1) is 5.52 Å². The van der Waals surface area contributed by atoms with E-state index in [-0.39, 0.29) is 0 Å². The first-order chi connectivity index (χ1) is 11.2. The molecule has 0 saturated heterocycles. The highest BCUT2D eigenvalue weighted by Gasteiger charge is 2.13. The third-order valence-electron chi connectivity index (χ3n) is 3.47. The van der Waals surface area contributed by atoms with Crippen molar-refractivity contribution in [3.8, 4) is 0 Å². The fourth-order valence-corrected chi connectivity index (χ4v) is 3.84. The average Bonchev–Trinajstić information content (AvgIpc) is 2.94. The lowest BCUT2D eigenvalue weighted by Gasteiger charge is -2.22. The molecule has 23 heavy (non-hydrogen) atoms. The number of halogens is 2. The van der Waals surface area contributed by atoms with Crippen molar-refractivity contribution in [1.29, 1.82) is 0 Å². The lowest BCUT2D eigenvalue weighted by atomic mass is 10.2. The average molecular weight is 439 g/mol. The lowest BCUT2D eigenvalue weighted by Crippen LogP contribution is -2.26. The van der Waals surface area contributed by atoms with Crippen LogP contribution in [0.15, 0.2) is 45.5 Å². The first kappa shape index (κ1) is 16.4. The van der Waals surface area contributed by atoms with Crippen molar-refractivity contribution in [2.45, 2.75) is 13.0 Å². The van der Waals surface area contributed by atoms with Gasteiger partial charge in [0.15, 0.2) is 5.65 Å². The number of nitrogens with two attached hydrogens (primary N) is 1. The van der Waals surface area contributed by atoms with E-state index >= 15 is 0 Å². The van der Waals surface area contributed by atoms with Crippen LogP contribution in [0.25, 0.3) is 11.2 Å². The van der Waals surface area contributed by atoms with Gasteiger partial charge in [-0.3, -0.25) is 0 Å². The summed E-state index contributed by atoms with van der Waals surface area (Å²) in [5, 5.41) is 0. The van der Waals surface area contributed by atoms with Crippen molar-refractivity contribution in [3.63, 3.8) is 0 Å². The van der Waals surface area contributed by atoms with Crippen molar-refractivity contribution >= 4 is 49.0 Å². The third-order valence-corrected chi connectivity index (χ3v) is 4.39. The topological polar surface area (TPSA) is 70.8 Å². The smallest absolute Gasteiger partial charge is 0.205 e. The third kappa shape index (κ3) is 4.10. The van der Waals surface area contributed by atoms with Crippen molar-refractivity contribution in [3.05, 3.63) is 51.0 Å². The number of benzene rings is 1. The van der Waals surface area contributed by atoms with Gasteiger partial charge in [-0.25, -0.2) is 4.98 Å². The summed E-state index contributed by atoms with van der Waals surface area (Å²) >= 11 is 7.08. The number of pyridine rings is 1. The fraction of sp³-hybridized carbons (Fsp3) is 0.250. The zero-order chi connectivity index (χ0) is 16.2. The minimum atomic E-state index is 0.650. The van der Waals surface area contributed by atoms with Crippen LogP contribution in [0.1, 0.15) is 12.0 Å². The molecule has 0 saturated carbocycles. The van der Waals surface area contributed by atoms with Gasteiger partial charge in [-0.2, -0.15) is 4.98 Å². The summed E-state index contributed by atoms with van der Waals surface area (Å²) in [7, 11) is 0. The van der Waals surface area contributed by atoms with E-state index in [0.717, 1.165) is 45.6 Å². The highest BCUT2D eigenvalue weighted by atomic mass is 79.9. The Morgan fingerprint density at radius 2 is 1.96 bits per heavy atom. The molecule has 1 aromatic carbocycles. The number of rotatable bonds is 6. The second-order valence-electron chi connectivity index (χ2n) is 5.28. The number of H-pyrrole nitrogens is 1. The molecule has 0 bridgehead atoms. The molecular formula is C16H17Br2N5. The number of aromatic amines is 1. The molecule has 0 unspecified atom stereocenters. The van der Waals surface area contributed by atoms with E-state index in [9.17, 15) is 0 Å². The van der Waals surface area contributed by atoms with Crippen LogP contribution in [0.5, 0.6) is 0 Å². The largest absolute Gasteiger partial charge is 0.338 e. The molecular weight excluding hydrogens is 422 g/mol. The number of imidazole rings is 1. The van der Waals surface area contributed by atoms with Crippen molar-refractivity contribution in [1.82, 2.24) is 15.0 Å². The molecule has 0 aliphatic carbocycles. The summed E-state index contributed by atoms with van der Waals surface area (Å²) in [4.78, 5) is 14.4. The van der Waals surface area contributed by atoms with E-state index in [0.29, 0.717) is 6.54 Å². The maximum Gasteiger partial charge on any atom is 0.205 e. The van der Waals surface area contributed by atoms with Crippen molar-refractivity contribution in [2.75, 3.05) is 18.0 Å². The lowest BCUT2D eigenvalue weighted by molar-refractivity contribution is 0.719. The van der Waals surface area contributed by atoms with Crippen LogP contribution in [-0.2, 0) is 6.54 Å². The molecule has 3 rings (SSSR count). The van der Waals surface area contributed by atoms with E-state index in [4.69, 9.17) is 5.73 Å². The Balaban J connectivity index is 1.90. The highest BCUT2D eigenvalue weighted by Crippen LogP contribution is 2.23. The molecule has 0 amide bonds. The molecule has 0 aliphatic rings. The van der Waals surface area contributed by atoms with Gasteiger partial charge in [-0.15, -0.1) is 0 Å². The van der Waals surface area contributed by atoms with Gasteiger partial charge < -0.3 is 15.6 Å². The quantitative estimate of drug-likeness (QED) is 0.613. The molecule has 2 heterocycles. The first-order valence-corrected chi connectivity index (χ1v) is 8.95. The minimum Gasteiger partial charge on any atom is -0.338 e. The zero-order valence-electron chi connectivity index (χ0n) is 12.5. The number of aromatic nitrogens is 3. The van der Waals surface area contributed by atoms with Crippen LogP contribution in [0, 0.1) is 0 Å². The Hall–Kier alpha value is -1.44. The summed E-state index contributed by atoms with van der Waals surface area (Å²) < 4.78 is 2.10. The molecule has 0 fully saturated rings. The van der Waals surface area contributed by atoms with Crippen LogP contribution in [0.3, 0.4) is 0 Å². The fourth-order valence-electron chi connectivity index (χ4n) is 2.45. The van der Waals surface area contributed by atoms with Gasteiger partial charge in [0.2, 0.25) is 5.95 Å². The van der Waals surface area contributed by atoms with Gasteiger partial charge in [-0.05, 0) is 48.9 Å². The van der Waals surface area contributed by atoms with Crippen LogP contribution in [-0.4, -0.2) is 28.0 Å². The molecule has 3 aromatic rings. The maximum absolute atomic E-state index is 5.69. The van der Waals surface area contributed by atoms with E-state index in [1.807, 2.05) is 18.2 Å². The Labute approximate surface area is 151 Å². The van der Waals surface area contributed by atoms with Crippen molar-refractivity contribution < 1.29 is 0 Å². The SMILES string of the molecule is NCCCN(Cc1cc(Br)cc(Br)c1)c1nc2ncccc2[nH]1. The van der Waals surface area contributed by atoms with Gasteiger partial charge in [0, 0.05) is 28.2 Å². The molecule has 0 spiro atoms. The first-order valence-electron chi connectivity index (χ1n) is 7.36. The number of anilines is 1. The molecule has 0 aliphatic heterocycles. The molecule has 5 nitrogen and oxygen atoms in total. The summed E-state index contributed by atoms with van der Waals surface area (Å²) in [5.41, 5.74) is 8.55. The highest BCUT2D eigenvalue weighted by molar-refractivity contribution is 9.11. The number of fused-ring (bicyclic) bond motifs is 1.